The van der Waals surface area contributed by atoms with Crippen LogP contribution in [0.15, 0.2) is 39.3 Å². The molecule has 0 fully saturated rings. The fraction of sp³-hybridized carbons (Fsp3) is 0.278. The van der Waals surface area contributed by atoms with Crippen LogP contribution < -0.4 is 0 Å². The number of carbonyl (C=O) groups excluding carboxylic acids is 1. The number of aryl methyl sites for hydroxylation is 2. The Morgan fingerprint density at radius 3 is 2.56 bits per heavy atom. The van der Waals surface area contributed by atoms with E-state index in [1.807, 2.05) is 49.8 Å². The van der Waals surface area contributed by atoms with Crippen molar-refractivity contribution in [3.05, 3.63) is 57.4 Å². The van der Waals surface area contributed by atoms with Crippen molar-refractivity contribution in [1.29, 1.82) is 0 Å². The van der Waals surface area contributed by atoms with Gasteiger partial charge in [0, 0.05) is 48.0 Å². The van der Waals surface area contributed by atoms with E-state index in [-0.39, 0.29) is 5.91 Å². The average Bonchev–Trinajstić information content (AvgIpc) is 3.16. The molecule has 0 saturated carbocycles. The van der Waals surface area contributed by atoms with Gasteiger partial charge >= 0.3 is 0 Å². The standard InChI is InChI=1S/C18H19BrN4O2/c1-11-15(12(2)23(4)20-11)10-22(3)18(24)16-9-17(25-21-16)13-5-7-14(19)8-6-13/h5-9H,10H2,1-4H3. The van der Waals surface area contributed by atoms with Crippen LogP contribution >= 0.6 is 15.9 Å². The second-order valence-corrected chi connectivity index (χ2v) is 6.93. The topological polar surface area (TPSA) is 64.2 Å². The van der Waals surface area contributed by atoms with Crippen LogP contribution in [0.5, 0.6) is 0 Å². The number of aromatic nitrogens is 3. The van der Waals surface area contributed by atoms with Gasteiger partial charge < -0.3 is 9.42 Å². The van der Waals surface area contributed by atoms with Crippen LogP contribution in [0.1, 0.15) is 27.4 Å². The summed E-state index contributed by atoms with van der Waals surface area (Å²) in [5.74, 6) is 0.382. The number of hydrogen-bond acceptors (Lipinski definition) is 4. The number of amides is 1. The first-order valence-corrected chi connectivity index (χ1v) is 8.63. The predicted octanol–water partition coefficient (Wildman–Crippen LogP) is 3.73. The predicted molar refractivity (Wildman–Crippen MR) is 98.1 cm³/mol. The third-order valence-electron chi connectivity index (χ3n) is 4.26. The lowest BCUT2D eigenvalue weighted by Crippen LogP contribution is -2.27. The van der Waals surface area contributed by atoms with Crippen LogP contribution in [-0.2, 0) is 13.6 Å². The van der Waals surface area contributed by atoms with Crippen LogP contribution in [0.2, 0.25) is 0 Å². The fourth-order valence-electron chi connectivity index (χ4n) is 2.68. The average molecular weight is 403 g/mol. The van der Waals surface area contributed by atoms with Gasteiger partial charge in [-0.15, -0.1) is 0 Å². The van der Waals surface area contributed by atoms with Crippen LogP contribution in [0.4, 0.5) is 0 Å². The molecule has 130 valence electrons. The lowest BCUT2D eigenvalue weighted by Gasteiger charge is -2.15. The summed E-state index contributed by atoms with van der Waals surface area (Å²) in [5, 5.41) is 8.32. The van der Waals surface area contributed by atoms with Crippen molar-refractivity contribution in [1.82, 2.24) is 19.8 Å². The zero-order valence-electron chi connectivity index (χ0n) is 14.6. The second-order valence-electron chi connectivity index (χ2n) is 6.02. The molecule has 0 aliphatic heterocycles. The lowest BCUT2D eigenvalue weighted by molar-refractivity contribution is 0.0774. The van der Waals surface area contributed by atoms with E-state index in [0.717, 1.165) is 27.0 Å². The molecule has 3 aromatic rings. The Hall–Kier alpha value is -2.41. The first-order valence-electron chi connectivity index (χ1n) is 7.84. The smallest absolute Gasteiger partial charge is 0.276 e. The summed E-state index contributed by atoms with van der Waals surface area (Å²) < 4.78 is 8.14. The highest BCUT2D eigenvalue weighted by Gasteiger charge is 2.20. The molecule has 1 amide bonds. The van der Waals surface area contributed by atoms with Gasteiger partial charge in [0.2, 0.25) is 0 Å². The quantitative estimate of drug-likeness (QED) is 0.666. The number of halogens is 1. The molecule has 0 N–H and O–H groups in total. The molecule has 7 heteroatoms. The first kappa shape index (κ1) is 17.4. The number of nitrogens with zero attached hydrogens (tertiary/aromatic N) is 4. The van der Waals surface area contributed by atoms with Crippen LogP contribution in [0.25, 0.3) is 11.3 Å². The van der Waals surface area contributed by atoms with E-state index in [1.165, 1.54) is 0 Å². The monoisotopic (exact) mass is 402 g/mol. The highest BCUT2D eigenvalue weighted by Crippen LogP contribution is 2.23. The molecule has 0 spiro atoms. The molecule has 0 atom stereocenters. The van der Waals surface area contributed by atoms with Gasteiger partial charge in [0.25, 0.3) is 5.91 Å². The third kappa shape index (κ3) is 3.51. The van der Waals surface area contributed by atoms with Gasteiger partial charge in [-0.3, -0.25) is 9.48 Å². The van der Waals surface area contributed by atoms with Gasteiger partial charge in [0.15, 0.2) is 11.5 Å². The highest BCUT2D eigenvalue weighted by atomic mass is 79.9. The van der Waals surface area contributed by atoms with E-state index < -0.39 is 0 Å². The van der Waals surface area contributed by atoms with Crippen molar-refractivity contribution in [2.75, 3.05) is 7.05 Å². The van der Waals surface area contributed by atoms with E-state index in [4.69, 9.17) is 4.52 Å². The molecule has 6 nitrogen and oxygen atoms in total. The molecule has 0 unspecified atom stereocenters. The maximum atomic E-state index is 12.6. The molecule has 0 aliphatic rings. The molecule has 0 radical (unpaired) electrons. The van der Waals surface area contributed by atoms with Crippen molar-refractivity contribution < 1.29 is 9.32 Å². The normalized spacial score (nSPS) is 10.9. The summed E-state index contributed by atoms with van der Waals surface area (Å²) in [6.07, 6.45) is 0. The molecule has 0 saturated heterocycles. The van der Waals surface area contributed by atoms with Gasteiger partial charge in [-0.25, -0.2) is 0 Å². The molecule has 0 aliphatic carbocycles. The van der Waals surface area contributed by atoms with Crippen molar-refractivity contribution in [3.63, 3.8) is 0 Å². The van der Waals surface area contributed by atoms with Gasteiger partial charge in [-0.1, -0.05) is 33.2 Å². The molecule has 3 rings (SSSR count). The highest BCUT2D eigenvalue weighted by molar-refractivity contribution is 9.10. The van der Waals surface area contributed by atoms with Gasteiger partial charge in [-0.2, -0.15) is 5.10 Å². The van der Waals surface area contributed by atoms with E-state index >= 15 is 0 Å². The molecule has 0 bridgehead atoms. The number of rotatable bonds is 4. The van der Waals surface area contributed by atoms with Crippen molar-refractivity contribution in [3.8, 4) is 11.3 Å². The fourth-order valence-corrected chi connectivity index (χ4v) is 2.94. The Kier molecular flexibility index (Phi) is 4.76. The third-order valence-corrected chi connectivity index (χ3v) is 4.79. The summed E-state index contributed by atoms with van der Waals surface area (Å²) in [6, 6.07) is 9.32. The van der Waals surface area contributed by atoms with E-state index in [1.54, 1.807) is 18.0 Å². The maximum absolute atomic E-state index is 12.6. The molecule has 25 heavy (non-hydrogen) atoms. The van der Waals surface area contributed by atoms with Crippen LogP contribution in [0.3, 0.4) is 0 Å². The second kappa shape index (κ2) is 6.84. The van der Waals surface area contributed by atoms with Crippen LogP contribution in [-0.4, -0.2) is 32.8 Å². The minimum Gasteiger partial charge on any atom is -0.355 e. The van der Waals surface area contributed by atoms with E-state index in [0.29, 0.717) is 18.0 Å². The molecular formula is C18H19BrN4O2. The summed E-state index contributed by atoms with van der Waals surface area (Å²) in [6.45, 7) is 4.42. The minimum atomic E-state index is -0.185. The summed E-state index contributed by atoms with van der Waals surface area (Å²) in [5.41, 5.74) is 4.19. The summed E-state index contributed by atoms with van der Waals surface area (Å²) in [4.78, 5) is 14.3. The summed E-state index contributed by atoms with van der Waals surface area (Å²) in [7, 11) is 3.65. The number of benzene rings is 1. The van der Waals surface area contributed by atoms with Crippen LogP contribution in [0, 0.1) is 13.8 Å². The minimum absolute atomic E-state index is 0.185. The largest absolute Gasteiger partial charge is 0.355 e. The Balaban J connectivity index is 1.78. The Morgan fingerprint density at radius 2 is 1.96 bits per heavy atom. The lowest BCUT2D eigenvalue weighted by atomic mass is 10.1. The molecular weight excluding hydrogens is 384 g/mol. The Morgan fingerprint density at radius 1 is 1.28 bits per heavy atom. The number of carbonyl (C=O) groups is 1. The van der Waals surface area contributed by atoms with Gasteiger partial charge in [0.1, 0.15) is 0 Å². The zero-order valence-corrected chi connectivity index (χ0v) is 16.2. The first-order chi connectivity index (χ1) is 11.9. The van der Waals surface area contributed by atoms with Gasteiger partial charge in [0.05, 0.1) is 5.69 Å². The maximum Gasteiger partial charge on any atom is 0.276 e. The SMILES string of the molecule is Cc1nn(C)c(C)c1CN(C)C(=O)c1cc(-c2ccc(Br)cc2)on1. The van der Waals surface area contributed by atoms with Crippen molar-refractivity contribution in [2.24, 2.45) is 7.05 Å². The van der Waals surface area contributed by atoms with Crippen molar-refractivity contribution >= 4 is 21.8 Å². The van der Waals surface area contributed by atoms with E-state index in [2.05, 4.69) is 26.2 Å². The van der Waals surface area contributed by atoms with Gasteiger partial charge in [-0.05, 0) is 26.0 Å². The Labute approximate surface area is 154 Å². The molecule has 2 aromatic heterocycles. The number of hydrogen-bond donors (Lipinski definition) is 0. The summed E-state index contributed by atoms with van der Waals surface area (Å²) >= 11 is 3.40. The van der Waals surface area contributed by atoms with Crippen molar-refractivity contribution in [2.45, 2.75) is 20.4 Å². The Bertz CT molecular complexity index is 912. The van der Waals surface area contributed by atoms with E-state index in [9.17, 15) is 4.79 Å². The zero-order chi connectivity index (χ0) is 18.1. The molecule has 2 heterocycles. The molecule has 1 aromatic carbocycles.